The van der Waals surface area contributed by atoms with Crippen molar-refractivity contribution in [3.63, 3.8) is 0 Å². The summed E-state index contributed by atoms with van der Waals surface area (Å²) >= 11 is 0. The van der Waals surface area contributed by atoms with E-state index in [0.717, 1.165) is 25.2 Å². The third-order valence-corrected chi connectivity index (χ3v) is 3.44. The van der Waals surface area contributed by atoms with Crippen LogP contribution in [0.15, 0.2) is 54.7 Å². The molecule has 122 valence electrons. The predicted molar refractivity (Wildman–Crippen MR) is 91.9 cm³/mol. The van der Waals surface area contributed by atoms with E-state index in [1.807, 2.05) is 54.0 Å². The van der Waals surface area contributed by atoms with Gasteiger partial charge in [-0.1, -0.05) is 36.4 Å². The van der Waals surface area contributed by atoms with Crippen molar-refractivity contribution in [2.45, 2.75) is 19.5 Å². The summed E-state index contributed by atoms with van der Waals surface area (Å²) in [6.07, 6.45) is 6.12. The third-order valence-electron chi connectivity index (χ3n) is 3.44. The van der Waals surface area contributed by atoms with Crippen molar-refractivity contribution in [1.29, 1.82) is 0 Å². The first-order valence-corrected chi connectivity index (χ1v) is 7.79. The summed E-state index contributed by atoms with van der Waals surface area (Å²) in [5.74, 6) is -0.0809. The number of nitrogens with one attached hydrogen (secondary N) is 1. The maximum absolute atomic E-state index is 11.8. The summed E-state index contributed by atoms with van der Waals surface area (Å²) in [6, 6.07) is 12.3. The summed E-state index contributed by atoms with van der Waals surface area (Å²) in [7, 11) is 3.93. The Morgan fingerprint density at radius 3 is 2.78 bits per heavy atom. The predicted octanol–water partition coefficient (Wildman–Crippen LogP) is 1.86. The van der Waals surface area contributed by atoms with Crippen molar-refractivity contribution in [1.82, 2.24) is 20.0 Å². The molecule has 2 aromatic rings. The lowest BCUT2D eigenvalue weighted by atomic mass is 10.1. The first kappa shape index (κ1) is 17.0. The van der Waals surface area contributed by atoms with Crippen LogP contribution in [0, 0.1) is 0 Å². The molecule has 1 aromatic heterocycles. The maximum atomic E-state index is 11.8. The van der Waals surface area contributed by atoms with Crippen molar-refractivity contribution in [2.75, 3.05) is 20.6 Å². The topological polar surface area (TPSA) is 50.2 Å². The van der Waals surface area contributed by atoms with Crippen LogP contribution in [0.3, 0.4) is 0 Å². The molecule has 1 aromatic carbocycles. The molecule has 0 saturated heterocycles. The van der Waals surface area contributed by atoms with Gasteiger partial charge in [-0.25, -0.2) is 0 Å². The van der Waals surface area contributed by atoms with E-state index in [1.54, 1.807) is 12.3 Å². The van der Waals surface area contributed by atoms with Gasteiger partial charge >= 0.3 is 0 Å². The minimum atomic E-state index is -0.0809. The largest absolute Gasteiger partial charge is 0.347 e. The zero-order chi connectivity index (χ0) is 16.5. The van der Waals surface area contributed by atoms with Gasteiger partial charge < -0.3 is 10.2 Å². The average molecular weight is 312 g/mol. The highest BCUT2D eigenvalue weighted by atomic mass is 16.1. The molecular weight excluding hydrogens is 288 g/mol. The number of amides is 1. The third kappa shape index (κ3) is 6.08. The second-order valence-electron chi connectivity index (χ2n) is 5.66. The molecule has 1 N–H and O–H groups in total. The highest BCUT2D eigenvalue weighted by Gasteiger charge is 2.04. The number of benzene rings is 1. The molecule has 0 atom stereocenters. The van der Waals surface area contributed by atoms with Gasteiger partial charge in [0.1, 0.15) is 0 Å². The van der Waals surface area contributed by atoms with E-state index in [1.165, 1.54) is 5.56 Å². The fourth-order valence-corrected chi connectivity index (χ4v) is 2.20. The van der Waals surface area contributed by atoms with Crippen LogP contribution in [0.25, 0.3) is 0 Å². The Morgan fingerprint density at radius 2 is 2.04 bits per heavy atom. The first-order valence-electron chi connectivity index (χ1n) is 7.79. The summed E-state index contributed by atoms with van der Waals surface area (Å²) in [5.41, 5.74) is 2.29. The van der Waals surface area contributed by atoms with Gasteiger partial charge in [-0.15, -0.1) is 0 Å². The number of rotatable bonds is 8. The van der Waals surface area contributed by atoms with E-state index in [-0.39, 0.29) is 5.91 Å². The van der Waals surface area contributed by atoms with Gasteiger partial charge in [-0.05, 0) is 32.1 Å². The van der Waals surface area contributed by atoms with Crippen LogP contribution < -0.4 is 5.32 Å². The number of carbonyl (C=O) groups is 1. The number of aryl methyl sites for hydroxylation is 2. The van der Waals surface area contributed by atoms with Crippen LogP contribution in [0.2, 0.25) is 0 Å². The highest BCUT2D eigenvalue weighted by molar-refractivity contribution is 5.87. The minimum absolute atomic E-state index is 0.0809. The fraction of sp³-hybridized carbons (Fsp3) is 0.333. The van der Waals surface area contributed by atoms with Gasteiger partial charge in [-0.3, -0.25) is 9.48 Å². The molecular formula is C18H24N4O. The van der Waals surface area contributed by atoms with E-state index in [2.05, 4.69) is 22.5 Å². The van der Waals surface area contributed by atoms with Crippen molar-refractivity contribution < 1.29 is 4.79 Å². The van der Waals surface area contributed by atoms with Crippen LogP contribution in [0.4, 0.5) is 0 Å². The smallest absolute Gasteiger partial charge is 0.244 e. The van der Waals surface area contributed by atoms with E-state index in [0.29, 0.717) is 6.54 Å². The van der Waals surface area contributed by atoms with Gasteiger partial charge in [0.25, 0.3) is 0 Å². The first-order chi connectivity index (χ1) is 11.1. The highest BCUT2D eigenvalue weighted by Crippen LogP contribution is 2.04. The molecule has 0 aliphatic carbocycles. The van der Waals surface area contributed by atoms with Crippen LogP contribution in [-0.4, -0.2) is 41.2 Å². The molecule has 2 rings (SSSR count). The monoisotopic (exact) mass is 312 g/mol. The van der Waals surface area contributed by atoms with Crippen LogP contribution in [-0.2, 0) is 24.3 Å². The van der Waals surface area contributed by atoms with Crippen molar-refractivity contribution in [3.05, 3.63) is 66.0 Å². The van der Waals surface area contributed by atoms with E-state index in [4.69, 9.17) is 0 Å². The van der Waals surface area contributed by atoms with Crippen molar-refractivity contribution >= 4 is 5.91 Å². The molecule has 1 amide bonds. The number of aromatic nitrogens is 2. The summed E-state index contributed by atoms with van der Waals surface area (Å²) in [4.78, 5) is 13.8. The van der Waals surface area contributed by atoms with Gasteiger partial charge in [-0.2, -0.15) is 5.10 Å². The number of hydrogen-bond acceptors (Lipinski definition) is 3. The van der Waals surface area contributed by atoms with Crippen LogP contribution >= 0.6 is 0 Å². The van der Waals surface area contributed by atoms with Gasteiger partial charge in [0.15, 0.2) is 0 Å². The van der Waals surface area contributed by atoms with Crippen LogP contribution in [0.1, 0.15) is 11.3 Å². The molecule has 0 spiro atoms. The summed E-state index contributed by atoms with van der Waals surface area (Å²) in [5, 5.41) is 7.23. The Bertz CT molecular complexity index is 631. The number of nitrogens with zero attached hydrogens (tertiary/aromatic N) is 3. The quantitative estimate of drug-likeness (QED) is 0.757. The normalized spacial score (nSPS) is 11.3. The molecule has 0 unspecified atom stereocenters. The van der Waals surface area contributed by atoms with E-state index in [9.17, 15) is 4.79 Å². The Hall–Kier alpha value is -2.40. The molecule has 0 radical (unpaired) electrons. The standard InChI is InChI=1S/C18H24N4O/c1-21(2)13-6-9-18(23)19-15-17-10-12-20-22(17)14-11-16-7-4-3-5-8-16/h3-10,12H,11,13-15H2,1-2H3,(H,19,23)/b9-6+. The molecule has 0 bridgehead atoms. The second kappa shape index (κ2) is 8.90. The molecule has 1 heterocycles. The Balaban J connectivity index is 1.81. The molecule has 5 nitrogen and oxygen atoms in total. The molecule has 0 aliphatic rings. The zero-order valence-electron chi connectivity index (χ0n) is 13.8. The molecule has 5 heteroatoms. The SMILES string of the molecule is CN(C)C/C=C/C(=O)NCc1ccnn1CCc1ccccc1. The average Bonchev–Trinajstić information content (AvgIpc) is 2.99. The Morgan fingerprint density at radius 1 is 1.26 bits per heavy atom. The van der Waals surface area contributed by atoms with Crippen molar-refractivity contribution in [3.8, 4) is 0 Å². The Kier molecular flexibility index (Phi) is 6.56. The molecule has 23 heavy (non-hydrogen) atoms. The summed E-state index contributed by atoms with van der Waals surface area (Å²) < 4.78 is 1.94. The summed E-state index contributed by atoms with van der Waals surface area (Å²) in [6.45, 7) is 2.04. The van der Waals surface area contributed by atoms with Gasteiger partial charge in [0, 0.05) is 25.4 Å². The Labute approximate surface area is 137 Å². The van der Waals surface area contributed by atoms with E-state index < -0.39 is 0 Å². The zero-order valence-corrected chi connectivity index (χ0v) is 13.8. The van der Waals surface area contributed by atoms with Crippen molar-refractivity contribution in [2.24, 2.45) is 0 Å². The van der Waals surface area contributed by atoms with Gasteiger partial charge in [0.05, 0.1) is 12.2 Å². The second-order valence-corrected chi connectivity index (χ2v) is 5.66. The molecule has 0 fully saturated rings. The minimum Gasteiger partial charge on any atom is -0.347 e. The lowest BCUT2D eigenvalue weighted by Gasteiger charge is -2.08. The number of likely N-dealkylation sites (N-methyl/N-ethyl adjacent to an activating group) is 1. The molecule has 0 saturated carbocycles. The van der Waals surface area contributed by atoms with Gasteiger partial charge in [0.2, 0.25) is 5.91 Å². The fourth-order valence-electron chi connectivity index (χ4n) is 2.20. The van der Waals surface area contributed by atoms with E-state index >= 15 is 0 Å². The number of carbonyl (C=O) groups excluding carboxylic acids is 1. The lowest BCUT2D eigenvalue weighted by molar-refractivity contribution is -0.116. The maximum Gasteiger partial charge on any atom is 0.244 e. The lowest BCUT2D eigenvalue weighted by Crippen LogP contribution is -2.23. The molecule has 0 aliphatic heterocycles. The van der Waals surface area contributed by atoms with Crippen LogP contribution in [0.5, 0.6) is 0 Å². The number of hydrogen-bond donors (Lipinski definition) is 1.